The standard InChI is InChI=1S/C16H17ClO2/c17-11-5-1-2-8-16(18)19-15-10-9-13-6-3-4-7-14(13)12-15/h3-4,6-7,9-10,12H,1-2,5,8,11H2. The van der Waals surface area contributed by atoms with E-state index in [-0.39, 0.29) is 5.97 Å². The fourth-order valence-corrected chi connectivity index (χ4v) is 2.14. The van der Waals surface area contributed by atoms with Gasteiger partial charge in [0.2, 0.25) is 0 Å². The van der Waals surface area contributed by atoms with Crippen LogP contribution in [-0.4, -0.2) is 11.8 Å². The van der Waals surface area contributed by atoms with E-state index in [2.05, 4.69) is 0 Å². The van der Waals surface area contributed by atoms with Crippen LogP contribution in [0, 0.1) is 0 Å². The largest absolute Gasteiger partial charge is 0.427 e. The predicted octanol–water partition coefficient (Wildman–Crippen LogP) is 4.54. The fraction of sp³-hybridized carbons (Fsp3) is 0.312. The summed E-state index contributed by atoms with van der Waals surface area (Å²) in [6.45, 7) is 0. The van der Waals surface area contributed by atoms with Crippen LogP contribution in [0.4, 0.5) is 0 Å². The Morgan fingerprint density at radius 1 is 1.00 bits per heavy atom. The van der Waals surface area contributed by atoms with E-state index in [1.54, 1.807) is 0 Å². The first-order chi connectivity index (χ1) is 9.29. The van der Waals surface area contributed by atoms with Crippen molar-refractivity contribution in [3.05, 3.63) is 42.5 Å². The van der Waals surface area contributed by atoms with Crippen LogP contribution in [0.3, 0.4) is 0 Å². The van der Waals surface area contributed by atoms with E-state index in [0.29, 0.717) is 18.1 Å². The summed E-state index contributed by atoms with van der Waals surface area (Å²) in [7, 11) is 0. The molecular weight excluding hydrogens is 260 g/mol. The summed E-state index contributed by atoms with van der Waals surface area (Å²) >= 11 is 5.59. The van der Waals surface area contributed by atoms with Crippen LogP contribution in [0.5, 0.6) is 5.75 Å². The highest BCUT2D eigenvalue weighted by Gasteiger charge is 2.05. The SMILES string of the molecule is O=C(CCCCCCl)Oc1ccc2ccccc2c1. The van der Waals surface area contributed by atoms with Crippen molar-refractivity contribution in [3.63, 3.8) is 0 Å². The van der Waals surface area contributed by atoms with Crippen molar-refractivity contribution in [3.8, 4) is 5.75 Å². The molecule has 0 saturated heterocycles. The molecule has 2 aromatic rings. The number of hydrogen-bond acceptors (Lipinski definition) is 2. The lowest BCUT2D eigenvalue weighted by Crippen LogP contribution is -2.07. The van der Waals surface area contributed by atoms with Gasteiger partial charge < -0.3 is 4.74 Å². The topological polar surface area (TPSA) is 26.3 Å². The molecule has 2 nitrogen and oxygen atoms in total. The van der Waals surface area contributed by atoms with Gasteiger partial charge in [0.15, 0.2) is 0 Å². The molecule has 0 radical (unpaired) electrons. The van der Waals surface area contributed by atoms with Gasteiger partial charge in [0.25, 0.3) is 0 Å². The number of benzene rings is 2. The summed E-state index contributed by atoms with van der Waals surface area (Å²) < 4.78 is 5.33. The van der Waals surface area contributed by atoms with Gasteiger partial charge in [-0.05, 0) is 35.7 Å². The van der Waals surface area contributed by atoms with E-state index in [4.69, 9.17) is 16.3 Å². The average molecular weight is 277 g/mol. The molecule has 0 fully saturated rings. The van der Waals surface area contributed by atoms with E-state index in [0.717, 1.165) is 30.0 Å². The fourth-order valence-electron chi connectivity index (χ4n) is 1.95. The third-order valence-electron chi connectivity index (χ3n) is 2.97. The number of halogens is 1. The van der Waals surface area contributed by atoms with E-state index in [1.165, 1.54) is 0 Å². The van der Waals surface area contributed by atoms with Crippen molar-refractivity contribution in [1.82, 2.24) is 0 Å². The molecule has 0 N–H and O–H groups in total. The third-order valence-corrected chi connectivity index (χ3v) is 3.23. The van der Waals surface area contributed by atoms with Crippen molar-refractivity contribution in [2.75, 3.05) is 5.88 Å². The highest BCUT2D eigenvalue weighted by atomic mass is 35.5. The molecule has 0 bridgehead atoms. The van der Waals surface area contributed by atoms with Crippen molar-refractivity contribution < 1.29 is 9.53 Å². The normalized spacial score (nSPS) is 10.6. The molecule has 0 amide bonds. The lowest BCUT2D eigenvalue weighted by molar-refractivity contribution is -0.134. The van der Waals surface area contributed by atoms with Crippen LogP contribution in [-0.2, 0) is 4.79 Å². The molecule has 2 rings (SSSR count). The summed E-state index contributed by atoms with van der Waals surface area (Å²) in [6.07, 6.45) is 3.20. The lowest BCUT2D eigenvalue weighted by atomic mass is 10.1. The van der Waals surface area contributed by atoms with E-state index < -0.39 is 0 Å². The van der Waals surface area contributed by atoms with Crippen LogP contribution in [0.2, 0.25) is 0 Å². The summed E-state index contributed by atoms with van der Waals surface area (Å²) in [5.41, 5.74) is 0. The average Bonchev–Trinajstić information content (AvgIpc) is 2.43. The molecule has 100 valence electrons. The van der Waals surface area contributed by atoms with Gasteiger partial charge in [-0.2, -0.15) is 0 Å². The summed E-state index contributed by atoms with van der Waals surface area (Å²) in [6, 6.07) is 13.7. The number of carbonyl (C=O) groups is 1. The number of esters is 1. The smallest absolute Gasteiger partial charge is 0.311 e. The van der Waals surface area contributed by atoms with E-state index in [9.17, 15) is 4.79 Å². The molecule has 19 heavy (non-hydrogen) atoms. The number of fused-ring (bicyclic) bond motifs is 1. The molecular formula is C16H17ClO2. The highest BCUT2D eigenvalue weighted by Crippen LogP contribution is 2.21. The molecule has 0 saturated carbocycles. The van der Waals surface area contributed by atoms with Crippen LogP contribution in [0.1, 0.15) is 25.7 Å². The minimum atomic E-state index is -0.176. The molecule has 2 aromatic carbocycles. The molecule has 0 aliphatic carbocycles. The number of carbonyl (C=O) groups excluding carboxylic acids is 1. The number of hydrogen-bond donors (Lipinski definition) is 0. The van der Waals surface area contributed by atoms with Gasteiger partial charge in [-0.1, -0.05) is 36.8 Å². The van der Waals surface area contributed by atoms with Crippen LogP contribution in [0.15, 0.2) is 42.5 Å². The number of alkyl halides is 1. The van der Waals surface area contributed by atoms with Gasteiger partial charge in [0.05, 0.1) is 0 Å². The van der Waals surface area contributed by atoms with Crippen molar-refractivity contribution in [1.29, 1.82) is 0 Å². The first kappa shape index (κ1) is 13.9. The second-order valence-electron chi connectivity index (χ2n) is 4.48. The van der Waals surface area contributed by atoms with E-state index >= 15 is 0 Å². The van der Waals surface area contributed by atoms with Crippen molar-refractivity contribution >= 4 is 28.3 Å². The second kappa shape index (κ2) is 7.15. The lowest BCUT2D eigenvalue weighted by Gasteiger charge is -2.05. The first-order valence-electron chi connectivity index (χ1n) is 6.55. The van der Waals surface area contributed by atoms with Gasteiger partial charge in [-0.25, -0.2) is 0 Å². The Kier molecular flexibility index (Phi) is 5.22. The molecule has 0 spiro atoms. The zero-order valence-electron chi connectivity index (χ0n) is 10.8. The Morgan fingerprint density at radius 3 is 2.58 bits per heavy atom. The highest BCUT2D eigenvalue weighted by molar-refractivity contribution is 6.17. The summed E-state index contributed by atoms with van der Waals surface area (Å²) in [5.74, 6) is 1.09. The van der Waals surface area contributed by atoms with Gasteiger partial charge in [-0.3, -0.25) is 4.79 Å². The monoisotopic (exact) mass is 276 g/mol. The van der Waals surface area contributed by atoms with Gasteiger partial charge in [0.1, 0.15) is 5.75 Å². The molecule has 0 atom stereocenters. The van der Waals surface area contributed by atoms with Crippen molar-refractivity contribution in [2.45, 2.75) is 25.7 Å². The number of ether oxygens (including phenoxy) is 1. The zero-order chi connectivity index (χ0) is 13.5. The zero-order valence-corrected chi connectivity index (χ0v) is 11.5. The number of unbranched alkanes of at least 4 members (excludes halogenated alkanes) is 2. The Bertz CT molecular complexity index is 551. The minimum Gasteiger partial charge on any atom is -0.427 e. The minimum absolute atomic E-state index is 0.176. The molecule has 0 heterocycles. The molecule has 3 heteroatoms. The Labute approximate surface area is 118 Å². The Hall–Kier alpha value is -1.54. The van der Waals surface area contributed by atoms with Crippen LogP contribution in [0.25, 0.3) is 10.8 Å². The summed E-state index contributed by atoms with van der Waals surface area (Å²) in [5, 5.41) is 2.22. The molecule has 0 aliphatic rings. The van der Waals surface area contributed by atoms with E-state index in [1.807, 2.05) is 42.5 Å². The van der Waals surface area contributed by atoms with Crippen LogP contribution >= 0.6 is 11.6 Å². The van der Waals surface area contributed by atoms with Gasteiger partial charge >= 0.3 is 5.97 Å². The third kappa shape index (κ3) is 4.25. The molecule has 0 aliphatic heterocycles. The predicted molar refractivity (Wildman–Crippen MR) is 78.8 cm³/mol. The number of rotatable bonds is 6. The van der Waals surface area contributed by atoms with Gasteiger partial charge in [-0.15, -0.1) is 11.6 Å². The van der Waals surface area contributed by atoms with Crippen molar-refractivity contribution in [2.24, 2.45) is 0 Å². The first-order valence-corrected chi connectivity index (χ1v) is 7.08. The second-order valence-corrected chi connectivity index (χ2v) is 4.86. The maximum atomic E-state index is 11.7. The quantitative estimate of drug-likeness (QED) is 0.335. The molecule has 0 unspecified atom stereocenters. The summed E-state index contributed by atoms with van der Waals surface area (Å²) in [4.78, 5) is 11.7. The Balaban J connectivity index is 1.91. The Morgan fingerprint density at radius 2 is 1.79 bits per heavy atom. The van der Waals surface area contributed by atoms with Crippen LogP contribution < -0.4 is 4.74 Å². The maximum Gasteiger partial charge on any atom is 0.311 e. The maximum absolute atomic E-state index is 11.7. The molecule has 0 aromatic heterocycles. The van der Waals surface area contributed by atoms with Gasteiger partial charge in [0, 0.05) is 12.3 Å².